The molecule has 2 aliphatic carbocycles. The van der Waals surface area contributed by atoms with Crippen LogP contribution in [0, 0.1) is 5.92 Å². The van der Waals surface area contributed by atoms with E-state index in [9.17, 15) is 9.59 Å². The van der Waals surface area contributed by atoms with E-state index in [0.29, 0.717) is 0 Å². The molecule has 2 aliphatic rings. The molecule has 0 aliphatic heterocycles. The average molecular weight is 221 g/mol. The predicted molar refractivity (Wildman–Crippen MR) is 61.9 cm³/mol. The van der Waals surface area contributed by atoms with E-state index in [0.717, 1.165) is 38.5 Å². The molecule has 0 spiro atoms. The smallest absolute Gasteiger partial charge is 0.287 e. The van der Waals surface area contributed by atoms with Crippen molar-refractivity contribution >= 4 is 11.7 Å². The second kappa shape index (κ2) is 5.28. The fourth-order valence-electron chi connectivity index (χ4n) is 2.54. The zero-order valence-corrected chi connectivity index (χ0v) is 9.58. The second-order valence-corrected chi connectivity index (χ2v) is 4.81. The van der Waals surface area contributed by atoms with Crippen molar-refractivity contribution in [1.82, 2.24) is 5.32 Å². The van der Waals surface area contributed by atoms with Gasteiger partial charge in [-0.15, -0.1) is 0 Å². The quantitative estimate of drug-likeness (QED) is 0.585. The first kappa shape index (κ1) is 11.4. The third-order valence-electron chi connectivity index (χ3n) is 3.54. The molecule has 1 amide bonds. The van der Waals surface area contributed by atoms with Gasteiger partial charge in [0, 0.05) is 12.0 Å². The first-order valence-corrected chi connectivity index (χ1v) is 6.27. The molecule has 16 heavy (non-hydrogen) atoms. The van der Waals surface area contributed by atoms with Gasteiger partial charge in [0.05, 0.1) is 0 Å². The Bertz CT molecular complexity index is 295. The van der Waals surface area contributed by atoms with Crippen LogP contribution in [0.3, 0.4) is 0 Å². The minimum absolute atomic E-state index is 0.0110. The number of hydrogen-bond acceptors (Lipinski definition) is 2. The molecule has 1 N–H and O–H groups in total. The molecule has 3 heteroatoms. The Hall–Kier alpha value is -1.12. The lowest BCUT2D eigenvalue weighted by Gasteiger charge is -2.20. The van der Waals surface area contributed by atoms with Crippen LogP contribution < -0.4 is 5.32 Å². The normalized spacial score (nSPS) is 22.2. The number of carbonyl (C=O) groups excluding carboxylic acids is 2. The Morgan fingerprint density at radius 3 is 2.25 bits per heavy atom. The van der Waals surface area contributed by atoms with E-state index >= 15 is 0 Å². The summed E-state index contributed by atoms with van der Waals surface area (Å²) in [7, 11) is 0. The van der Waals surface area contributed by atoms with Gasteiger partial charge in [0.25, 0.3) is 5.91 Å². The Kier molecular flexibility index (Phi) is 3.75. The molecule has 0 saturated heterocycles. The van der Waals surface area contributed by atoms with Crippen molar-refractivity contribution in [2.24, 2.45) is 5.92 Å². The highest BCUT2D eigenvalue weighted by atomic mass is 16.2. The van der Waals surface area contributed by atoms with Crippen molar-refractivity contribution in [2.75, 3.05) is 0 Å². The van der Waals surface area contributed by atoms with Crippen molar-refractivity contribution in [3.63, 3.8) is 0 Å². The summed E-state index contributed by atoms with van der Waals surface area (Å²) < 4.78 is 0. The molecule has 0 aromatic heterocycles. The van der Waals surface area contributed by atoms with E-state index < -0.39 is 0 Å². The summed E-state index contributed by atoms with van der Waals surface area (Å²) in [5.74, 6) is -0.560. The molecule has 0 aromatic rings. The summed E-state index contributed by atoms with van der Waals surface area (Å²) in [5, 5.41) is 2.82. The Labute approximate surface area is 96.3 Å². The number of amides is 1. The third kappa shape index (κ3) is 2.71. The van der Waals surface area contributed by atoms with Gasteiger partial charge < -0.3 is 5.32 Å². The van der Waals surface area contributed by atoms with Gasteiger partial charge in [-0.3, -0.25) is 9.59 Å². The maximum atomic E-state index is 11.9. The van der Waals surface area contributed by atoms with Crippen LogP contribution in [0.4, 0.5) is 0 Å². The van der Waals surface area contributed by atoms with Gasteiger partial charge in [-0.25, -0.2) is 0 Å². The number of Topliss-reactive ketones (excluding diaryl/α,β-unsaturated/α-hetero) is 1. The summed E-state index contributed by atoms with van der Waals surface area (Å²) in [6, 6.07) is 0.153. The van der Waals surface area contributed by atoms with E-state index in [1.807, 2.05) is 0 Å². The first-order chi connectivity index (χ1) is 7.77. The lowest BCUT2D eigenvalue weighted by molar-refractivity contribution is -0.141. The monoisotopic (exact) mass is 221 g/mol. The summed E-state index contributed by atoms with van der Waals surface area (Å²) in [4.78, 5) is 23.6. The third-order valence-corrected chi connectivity index (χ3v) is 3.54. The van der Waals surface area contributed by atoms with Crippen LogP contribution >= 0.6 is 0 Å². The number of rotatable bonds is 3. The molecule has 0 atom stereocenters. The van der Waals surface area contributed by atoms with Gasteiger partial charge >= 0.3 is 0 Å². The van der Waals surface area contributed by atoms with E-state index in [4.69, 9.17) is 0 Å². The fourth-order valence-corrected chi connectivity index (χ4v) is 2.54. The second-order valence-electron chi connectivity index (χ2n) is 4.81. The number of carbonyl (C=O) groups is 2. The van der Waals surface area contributed by atoms with E-state index in [2.05, 4.69) is 17.5 Å². The van der Waals surface area contributed by atoms with Gasteiger partial charge in [-0.05, 0) is 25.7 Å². The standard InChI is InChI=1S/C13H19NO2/c15-12(10-6-2-1-3-7-10)13(16)14-11-8-4-5-9-11/h4-5,10-11H,1-3,6-9H2,(H,14,16). The molecule has 0 unspecified atom stereocenters. The van der Waals surface area contributed by atoms with E-state index in [-0.39, 0.29) is 23.7 Å². The minimum atomic E-state index is -0.361. The molecular weight excluding hydrogens is 202 g/mol. The summed E-state index contributed by atoms with van der Waals surface area (Å²) >= 11 is 0. The average Bonchev–Trinajstić information content (AvgIpc) is 2.82. The largest absolute Gasteiger partial charge is 0.346 e. The van der Waals surface area contributed by atoms with Crippen LogP contribution in [0.1, 0.15) is 44.9 Å². The van der Waals surface area contributed by atoms with Crippen LogP contribution in [0.2, 0.25) is 0 Å². The SMILES string of the molecule is O=C(NC1CC=CC1)C(=O)C1CCCCC1. The van der Waals surface area contributed by atoms with Crippen LogP contribution in [0.25, 0.3) is 0 Å². The molecule has 2 rings (SSSR count). The zero-order valence-electron chi connectivity index (χ0n) is 9.58. The molecule has 88 valence electrons. The Balaban J connectivity index is 1.81. The summed E-state index contributed by atoms with van der Waals surface area (Å²) in [5.41, 5.74) is 0. The van der Waals surface area contributed by atoms with Crippen molar-refractivity contribution in [1.29, 1.82) is 0 Å². The fraction of sp³-hybridized carbons (Fsp3) is 0.692. The maximum absolute atomic E-state index is 11.9. The minimum Gasteiger partial charge on any atom is -0.346 e. The van der Waals surface area contributed by atoms with Gasteiger partial charge in [-0.2, -0.15) is 0 Å². The summed E-state index contributed by atoms with van der Waals surface area (Å²) in [6.07, 6.45) is 11.0. The molecule has 3 nitrogen and oxygen atoms in total. The molecule has 0 heterocycles. The van der Waals surface area contributed by atoms with Crippen molar-refractivity contribution in [3.8, 4) is 0 Å². The van der Waals surface area contributed by atoms with Crippen molar-refractivity contribution in [2.45, 2.75) is 51.0 Å². The van der Waals surface area contributed by atoms with Crippen molar-refractivity contribution in [3.05, 3.63) is 12.2 Å². The first-order valence-electron chi connectivity index (χ1n) is 6.27. The van der Waals surface area contributed by atoms with Crippen LogP contribution in [-0.2, 0) is 9.59 Å². The van der Waals surface area contributed by atoms with Crippen LogP contribution in [0.5, 0.6) is 0 Å². The van der Waals surface area contributed by atoms with Gasteiger partial charge in [0.1, 0.15) is 0 Å². The number of nitrogens with one attached hydrogen (secondary N) is 1. The topological polar surface area (TPSA) is 46.2 Å². The van der Waals surface area contributed by atoms with Gasteiger partial charge in [0.15, 0.2) is 0 Å². The van der Waals surface area contributed by atoms with Crippen molar-refractivity contribution < 1.29 is 9.59 Å². The molecule has 0 radical (unpaired) electrons. The highest BCUT2D eigenvalue weighted by molar-refractivity contribution is 6.37. The lowest BCUT2D eigenvalue weighted by Crippen LogP contribution is -2.41. The number of hydrogen-bond donors (Lipinski definition) is 1. The zero-order chi connectivity index (χ0) is 11.4. The molecule has 1 fully saturated rings. The molecule has 0 bridgehead atoms. The number of ketones is 1. The molecular formula is C13H19NO2. The predicted octanol–water partition coefficient (Wildman–Crippen LogP) is 1.97. The van der Waals surface area contributed by atoms with E-state index in [1.54, 1.807) is 0 Å². The van der Waals surface area contributed by atoms with E-state index in [1.165, 1.54) is 6.42 Å². The van der Waals surface area contributed by atoms with Gasteiger partial charge in [0.2, 0.25) is 5.78 Å². The molecule has 0 aromatic carbocycles. The molecule has 1 saturated carbocycles. The van der Waals surface area contributed by atoms with Crippen LogP contribution in [0.15, 0.2) is 12.2 Å². The summed E-state index contributed by atoms with van der Waals surface area (Å²) in [6.45, 7) is 0. The highest BCUT2D eigenvalue weighted by Crippen LogP contribution is 2.24. The Morgan fingerprint density at radius 2 is 1.62 bits per heavy atom. The lowest BCUT2D eigenvalue weighted by atomic mass is 9.86. The van der Waals surface area contributed by atoms with Gasteiger partial charge in [-0.1, -0.05) is 31.4 Å². The van der Waals surface area contributed by atoms with Crippen LogP contribution in [-0.4, -0.2) is 17.7 Å². The Morgan fingerprint density at radius 1 is 1.00 bits per heavy atom. The highest BCUT2D eigenvalue weighted by Gasteiger charge is 2.28. The maximum Gasteiger partial charge on any atom is 0.287 e.